The highest BCUT2D eigenvalue weighted by Gasteiger charge is 2.13. The van der Waals surface area contributed by atoms with E-state index < -0.39 is 0 Å². The number of aryl methyl sites for hydroxylation is 1. The minimum Gasteiger partial charge on any atom is -0.493 e. The summed E-state index contributed by atoms with van der Waals surface area (Å²) in [7, 11) is 0. The van der Waals surface area contributed by atoms with Crippen LogP contribution in [0, 0.1) is 0 Å². The minimum atomic E-state index is 0.740. The third-order valence-electron chi connectivity index (χ3n) is 4.17. The molecule has 130 valence electrons. The number of ether oxygens (including phenoxy) is 1. The van der Waals surface area contributed by atoms with E-state index in [1.807, 2.05) is 30.3 Å². The second-order valence-electron chi connectivity index (χ2n) is 5.93. The van der Waals surface area contributed by atoms with E-state index in [0.29, 0.717) is 0 Å². The number of hydrogen-bond acceptors (Lipinski definition) is 1. The molecule has 0 bridgehead atoms. The first-order valence-electron chi connectivity index (χ1n) is 8.83. The molecule has 2 aromatic rings. The Bertz CT molecular complexity index is 625. The molecular weight excluding hydrogens is 339 g/mol. The maximum Gasteiger partial charge on any atom is 0.127 e. The van der Waals surface area contributed by atoms with Gasteiger partial charge in [0.25, 0.3) is 0 Å². The molecular formula is C21H26Cl2O. The van der Waals surface area contributed by atoms with Gasteiger partial charge in [-0.25, -0.2) is 0 Å². The smallest absolute Gasteiger partial charge is 0.127 e. The lowest BCUT2D eigenvalue weighted by Crippen LogP contribution is -2.00. The monoisotopic (exact) mass is 364 g/mol. The first kappa shape index (κ1) is 19.1. The average molecular weight is 365 g/mol. The van der Waals surface area contributed by atoms with E-state index in [4.69, 9.17) is 27.9 Å². The Morgan fingerprint density at radius 3 is 2.42 bits per heavy atom. The molecule has 0 spiro atoms. The number of halogens is 2. The molecule has 0 radical (unpaired) electrons. The predicted octanol–water partition coefficient (Wildman–Crippen LogP) is 7.14. The molecule has 1 nitrogen and oxygen atoms in total. The van der Waals surface area contributed by atoms with Crippen molar-refractivity contribution < 1.29 is 4.74 Å². The summed E-state index contributed by atoms with van der Waals surface area (Å²) in [6.07, 6.45) is 6.75. The summed E-state index contributed by atoms with van der Waals surface area (Å²) in [5, 5.41) is 0.784. The molecule has 2 rings (SSSR count). The van der Waals surface area contributed by atoms with E-state index in [-0.39, 0.29) is 0 Å². The van der Waals surface area contributed by atoms with Crippen molar-refractivity contribution in [3.63, 3.8) is 0 Å². The fraction of sp³-hybridized carbons (Fsp3) is 0.429. The van der Waals surface area contributed by atoms with Gasteiger partial charge in [-0.3, -0.25) is 0 Å². The zero-order valence-corrected chi connectivity index (χ0v) is 15.9. The largest absolute Gasteiger partial charge is 0.493 e. The van der Waals surface area contributed by atoms with Gasteiger partial charge in [-0.1, -0.05) is 68.1 Å². The van der Waals surface area contributed by atoms with Crippen LogP contribution in [0.2, 0.25) is 5.02 Å². The highest BCUT2D eigenvalue weighted by Crippen LogP contribution is 2.37. The quantitative estimate of drug-likeness (QED) is 0.321. The van der Waals surface area contributed by atoms with Crippen LogP contribution in [-0.2, 0) is 6.42 Å². The van der Waals surface area contributed by atoms with Crippen LogP contribution >= 0.6 is 23.2 Å². The standard InChI is InChI=1S/C21H26Cl2O/c1-2-17-11-10-13-19(23)21(17)18-12-6-7-14-20(18)24-16-9-5-3-4-8-15-22/h6-7,10-14H,2-5,8-9,15-16H2,1H3. The Morgan fingerprint density at radius 1 is 0.875 bits per heavy atom. The van der Waals surface area contributed by atoms with Gasteiger partial charge in [-0.05, 0) is 37.0 Å². The maximum absolute atomic E-state index is 6.48. The third-order valence-corrected chi connectivity index (χ3v) is 4.75. The Labute approximate surface area is 155 Å². The molecule has 2 aromatic carbocycles. The van der Waals surface area contributed by atoms with Crippen LogP contribution in [0.4, 0.5) is 0 Å². The summed E-state index contributed by atoms with van der Waals surface area (Å²) in [4.78, 5) is 0. The lowest BCUT2D eigenvalue weighted by atomic mass is 9.97. The normalized spacial score (nSPS) is 10.8. The van der Waals surface area contributed by atoms with Gasteiger partial charge in [0.15, 0.2) is 0 Å². The number of benzene rings is 2. The summed E-state index contributed by atoms with van der Waals surface area (Å²) in [5.41, 5.74) is 3.43. The van der Waals surface area contributed by atoms with Crippen molar-refractivity contribution >= 4 is 23.2 Å². The van der Waals surface area contributed by atoms with Gasteiger partial charge in [0.1, 0.15) is 5.75 Å². The van der Waals surface area contributed by atoms with Gasteiger partial charge in [-0.2, -0.15) is 0 Å². The molecule has 0 fully saturated rings. The van der Waals surface area contributed by atoms with Crippen molar-refractivity contribution in [3.05, 3.63) is 53.1 Å². The predicted molar refractivity (Wildman–Crippen MR) is 106 cm³/mol. The topological polar surface area (TPSA) is 9.23 Å². The van der Waals surface area contributed by atoms with Gasteiger partial charge in [-0.15, -0.1) is 11.6 Å². The van der Waals surface area contributed by atoms with Gasteiger partial charge >= 0.3 is 0 Å². The van der Waals surface area contributed by atoms with Crippen LogP contribution in [0.15, 0.2) is 42.5 Å². The molecule has 0 aliphatic heterocycles. The van der Waals surface area contributed by atoms with Crippen LogP contribution in [0.3, 0.4) is 0 Å². The van der Waals surface area contributed by atoms with Crippen molar-refractivity contribution in [2.24, 2.45) is 0 Å². The third kappa shape index (κ3) is 5.43. The minimum absolute atomic E-state index is 0.740. The molecule has 0 aliphatic rings. The van der Waals surface area contributed by atoms with Crippen molar-refractivity contribution in [1.29, 1.82) is 0 Å². The molecule has 0 heterocycles. The summed E-state index contributed by atoms with van der Waals surface area (Å²) in [5.74, 6) is 1.68. The Morgan fingerprint density at radius 2 is 1.62 bits per heavy atom. The van der Waals surface area contributed by atoms with E-state index in [9.17, 15) is 0 Å². The average Bonchev–Trinajstić information content (AvgIpc) is 2.61. The Hall–Kier alpha value is -1.18. The zero-order chi connectivity index (χ0) is 17.2. The molecule has 0 unspecified atom stereocenters. The SMILES string of the molecule is CCc1cccc(Cl)c1-c1ccccc1OCCCCCCCCl. The number of rotatable bonds is 10. The van der Waals surface area contributed by atoms with E-state index in [2.05, 4.69) is 19.1 Å². The highest BCUT2D eigenvalue weighted by atomic mass is 35.5. The Balaban J connectivity index is 2.03. The van der Waals surface area contributed by atoms with E-state index in [1.54, 1.807) is 0 Å². The first-order valence-corrected chi connectivity index (χ1v) is 9.74. The van der Waals surface area contributed by atoms with Crippen LogP contribution in [0.25, 0.3) is 11.1 Å². The van der Waals surface area contributed by atoms with E-state index >= 15 is 0 Å². The van der Waals surface area contributed by atoms with Crippen LogP contribution < -0.4 is 4.74 Å². The van der Waals surface area contributed by atoms with Gasteiger partial charge in [0, 0.05) is 22.0 Å². The van der Waals surface area contributed by atoms with Crippen molar-refractivity contribution in [2.45, 2.75) is 45.4 Å². The fourth-order valence-electron chi connectivity index (χ4n) is 2.87. The van der Waals surface area contributed by atoms with Crippen molar-refractivity contribution in [3.8, 4) is 16.9 Å². The van der Waals surface area contributed by atoms with Crippen LogP contribution in [0.1, 0.15) is 44.6 Å². The maximum atomic E-state index is 6.48. The summed E-state index contributed by atoms with van der Waals surface area (Å²) >= 11 is 12.2. The van der Waals surface area contributed by atoms with Crippen LogP contribution in [-0.4, -0.2) is 12.5 Å². The molecule has 0 saturated heterocycles. The zero-order valence-electron chi connectivity index (χ0n) is 14.4. The Kier molecular flexibility index (Phi) is 8.49. The van der Waals surface area contributed by atoms with E-state index in [1.165, 1.54) is 24.8 Å². The number of unbranched alkanes of at least 4 members (excludes halogenated alkanes) is 4. The lowest BCUT2D eigenvalue weighted by Gasteiger charge is -2.15. The van der Waals surface area contributed by atoms with Crippen molar-refractivity contribution in [2.75, 3.05) is 12.5 Å². The fourth-order valence-corrected chi connectivity index (χ4v) is 3.36. The number of hydrogen-bond donors (Lipinski definition) is 0. The second-order valence-corrected chi connectivity index (χ2v) is 6.71. The molecule has 0 atom stereocenters. The lowest BCUT2D eigenvalue weighted by molar-refractivity contribution is 0.306. The summed E-state index contributed by atoms with van der Waals surface area (Å²) in [6.45, 7) is 2.89. The molecule has 0 amide bonds. The molecule has 0 aliphatic carbocycles. The molecule has 0 N–H and O–H groups in total. The second kappa shape index (κ2) is 10.6. The molecule has 24 heavy (non-hydrogen) atoms. The van der Waals surface area contributed by atoms with Gasteiger partial charge in [0.2, 0.25) is 0 Å². The van der Waals surface area contributed by atoms with Gasteiger partial charge < -0.3 is 4.74 Å². The number of para-hydroxylation sites is 1. The van der Waals surface area contributed by atoms with Crippen LogP contribution in [0.5, 0.6) is 5.75 Å². The molecule has 0 saturated carbocycles. The molecule has 0 aromatic heterocycles. The highest BCUT2D eigenvalue weighted by molar-refractivity contribution is 6.33. The van der Waals surface area contributed by atoms with E-state index in [0.717, 1.165) is 53.6 Å². The van der Waals surface area contributed by atoms with Gasteiger partial charge in [0.05, 0.1) is 6.61 Å². The number of alkyl halides is 1. The first-order chi connectivity index (χ1) is 11.8. The summed E-state index contributed by atoms with van der Waals surface area (Å²) < 4.78 is 6.07. The summed E-state index contributed by atoms with van der Waals surface area (Å²) in [6, 6.07) is 14.3. The molecule has 3 heteroatoms. The van der Waals surface area contributed by atoms with Crippen molar-refractivity contribution in [1.82, 2.24) is 0 Å².